The highest BCUT2D eigenvalue weighted by molar-refractivity contribution is 5.87. The molecular formula is C11H22N2O4. The fourth-order valence-corrected chi connectivity index (χ4v) is 1.00. The van der Waals surface area contributed by atoms with E-state index in [-0.39, 0.29) is 5.54 Å². The van der Waals surface area contributed by atoms with E-state index in [9.17, 15) is 9.59 Å². The maximum atomic E-state index is 11.6. The summed E-state index contributed by atoms with van der Waals surface area (Å²) >= 11 is 0. The first-order chi connectivity index (χ1) is 7.54. The SMILES string of the molecule is CC(C)(N)CCOC(C)(C)C(=O)NCC(=O)O. The van der Waals surface area contributed by atoms with Crippen LogP contribution in [0.1, 0.15) is 34.1 Å². The summed E-state index contributed by atoms with van der Waals surface area (Å²) in [5, 5.41) is 10.7. The van der Waals surface area contributed by atoms with Gasteiger partial charge in [0.1, 0.15) is 12.1 Å². The Bertz CT molecular complexity index is 282. The summed E-state index contributed by atoms with van der Waals surface area (Å²) in [5.74, 6) is -1.54. The maximum Gasteiger partial charge on any atom is 0.322 e. The number of hydrogen-bond donors (Lipinski definition) is 3. The van der Waals surface area contributed by atoms with Gasteiger partial charge in [-0.25, -0.2) is 0 Å². The van der Waals surface area contributed by atoms with Crippen LogP contribution in [0.4, 0.5) is 0 Å². The molecule has 0 aliphatic heterocycles. The van der Waals surface area contributed by atoms with Crippen LogP contribution in [-0.4, -0.2) is 41.3 Å². The van der Waals surface area contributed by atoms with Crippen LogP contribution in [0.5, 0.6) is 0 Å². The Hall–Kier alpha value is -1.14. The molecule has 0 radical (unpaired) electrons. The molecule has 0 aromatic heterocycles. The van der Waals surface area contributed by atoms with Crippen LogP contribution in [-0.2, 0) is 14.3 Å². The maximum absolute atomic E-state index is 11.6. The summed E-state index contributed by atoms with van der Waals surface area (Å²) in [4.78, 5) is 21.9. The first-order valence-electron chi connectivity index (χ1n) is 5.47. The first kappa shape index (κ1) is 15.9. The van der Waals surface area contributed by atoms with Gasteiger partial charge in [0.05, 0.1) is 0 Å². The molecule has 0 saturated heterocycles. The number of ether oxygens (including phenoxy) is 1. The van der Waals surface area contributed by atoms with Gasteiger partial charge in [0.2, 0.25) is 0 Å². The van der Waals surface area contributed by atoms with Gasteiger partial charge < -0.3 is 20.9 Å². The molecule has 0 bridgehead atoms. The molecular weight excluding hydrogens is 224 g/mol. The normalized spacial score (nSPS) is 12.3. The van der Waals surface area contributed by atoms with Gasteiger partial charge in [-0.15, -0.1) is 0 Å². The van der Waals surface area contributed by atoms with Crippen LogP contribution < -0.4 is 11.1 Å². The van der Waals surface area contributed by atoms with Gasteiger partial charge in [0, 0.05) is 12.1 Å². The number of aliphatic carboxylic acids is 1. The number of carboxylic acids is 1. The second-order valence-corrected chi connectivity index (χ2v) is 5.17. The lowest BCUT2D eigenvalue weighted by Gasteiger charge is -2.26. The van der Waals surface area contributed by atoms with Crippen LogP contribution in [0, 0.1) is 0 Å². The smallest absolute Gasteiger partial charge is 0.322 e. The van der Waals surface area contributed by atoms with Crippen molar-refractivity contribution >= 4 is 11.9 Å². The van der Waals surface area contributed by atoms with Crippen molar-refractivity contribution in [2.75, 3.05) is 13.2 Å². The molecule has 0 unspecified atom stereocenters. The van der Waals surface area contributed by atoms with Crippen molar-refractivity contribution < 1.29 is 19.4 Å². The number of amides is 1. The molecule has 0 saturated carbocycles. The Labute approximate surface area is 102 Å². The van der Waals surface area contributed by atoms with Gasteiger partial charge >= 0.3 is 5.97 Å². The molecule has 0 rings (SSSR count). The number of carboxylic acid groups (broad SMARTS) is 1. The Morgan fingerprint density at radius 1 is 1.29 bits per heavy atom. The lowest BCUT2D eigenvalue weighted by Crippen LogP contribution is -2.46. The molecule has 0 aromatic rings. The lowest BCUT2D eigenvalue weighted by molar-refractivity contribution is -0.146. The van der Waals surface area contributed by atoms with E-state index in [4.69, 9.17) is 15.6 Å². The Morgan fingerprint density at radius 3 is 2.24 bits per heavy atom. The zero-order valence-electron chi connectivity index (χ0n) is 10.9. The summed E-state index contributed by atoms with van der Waals surface area (Å²) in [6.07, 6.45) is 0.614. The third kappa shape index (κ3) is 7.70. The van der Waals surface area contributed by atoms with E-state index in [2.05, 4.69) is 5.32 Å². The van der Waals surface area contributed by atoms with Crippen LogP contribution in [0.15, 0.2) is 0 Å². The van der Waals surface area contributed by atoms with Gasteiger partial charge in [-0.1, -0.05) is 0 Å². The van der Waals surface area contributed by atoms with Crippen LogP contribution in [0.3, 0.4) is 0 Å². The molecule has 17 heavy (non-hydrogen) atoms. The molecule has 0 aliphatic carbocycles. The standard InChI is InChI=1S/C11H22N2O4/c1-10(2,12)5-6-17-11(3,4)9(16)13-7-8(14)15/h5-7,12H2,1-4H3,(H,13,16)(H,14,15). The summed E-state index contributed by atoms with van der Waals surface area (Å²) in [7, 11) is 0. The second kappa shape index (κ2) is 5.97. The lowest BCUT2D eigenvalue weighted by atomic mass is 10.0. The average molecular weight is 246 g/mol. The molecule has 0 aliphatic rings. The minimum Gasteiger partial charge on any atom is -0.480 e. The fourth-order valence-electron chi connectivity index (χ4n) is 1.00. The highest BCUT2D eigenvalue weighted by Gasteiger charge is 2.29. The number of hydrogen-bond acceptors (Lipinski definition) is 4. The van der Waals surface area contributed by atoms with E-state index in [1.807, 2.05) is 13.8 Å². The second-order valence-electron chi connectivity index (χ2n) is 5.17. The molecule has 6 heteroatoms. The van der Waals surface area contributed by atoms with Gasteiger partial charge in [0.25, 0.3) is 5.91 Å². The molecule has 0 heterocycles. The number of nitrogens with one attached hydrogen (secondary N) is 1. The van der Waals surface area contributed by atoms with Crippen LogP contribution in [0.25, 0.3) is 0 Å². The van der Waals surface area contributed by atoms with E-state index in [0.717, 1.165) is 0 Å². The highest BCUT2D eigenvalue weighted by Crippen LogP contribution is 2.12. The molecule has 0 atom stereocenters. The van der Waals surface area contributed by atoms with Crippen molar-refractivity contribution in [1.82, 2.24) is 5.32 Å². The van der Waals surface area contributed by atoms with Crippen LogP contribution >= 0.6 is 0 Å². The quantitative estimate of drug-likeness (QED) is 0.591. The number of rotatable bonds is 7. The highest BCUT2D eigenvalue weighted by atomic mass is 16.5. The average Bonchev–Trinajstić information content (AvgIpc) is 2.11. The molecule has 4 N–H and O–H groups in total. The van der Waals surface area contributed by atoms with Crippen molar-refractivity contribution in [1.29, 1.82) is 0 Å². The number of nitrogens with two attached hydrogens (primary N) is 1. The molecule has 6 nitrogen and oxygen atoms in total. The third-order valence-corrected chi connectivity index (χ3v) is 2.16. The number of carbonyl (C=O) groups excluding carboxylic acids is 1. The number of carbonyl (C=O) groups is 2. The zero-order chi connectivity index (χ0) is 13.7. The molecule has 1 amide bonds. The van der Waals surface area contributed by atoms with E-state index in [1.165, 1.54) is 0 Å². The van der Waals surface area contributed by atoms with E-state index in [0.29, 0.717) is 13.0 Å². The topological polar surface area (TPSA) is 102 Å². The summed E-state index contributed by atoms with van der Waals surface area (Å²) in [6.45, 7) is 6.86. The summed E-state index contributed by atoms with van der Waals surface area (Å²) < 4.78 is 5.41. The van der Waals surface area contributed by atoms with Gasteiger partial charge in [-0.2, -0.15) is 0 Å². The van der Waals surface area contributed by atoms with Gasteiger partial charge in [0.15, 0.2) is 0 Å². The molecule has 0 aromatic carbocycles. The molecule has 0 spiro atoms. The minimum absolute atomic E-state index is 0.344. The van der Waals surface area contributed by atoms with E-state index < -0.39 is 24.0 Å². The van der Waals surface area contributed by atoms with Gasteiger partial charge in [-0.3, -0.25) is 9.59 Å². The van der Waals surface area contributed by atoms with Crippen molar-refractivity contribution in [3.63, 3.8) is 0 Å². The molecule has 0 fully saturated rings. The fraction of sp³-hybridized carbons (Fsp3) is 0.818. The van der Waals surface area contributed by atoms with Crippen molar-refractivity contribution in [3.8, 4) is 0 Å². The van der Waals surface area contributed by atoms with Crippen molar-refractivity contribution in [3.05, 3.63) is 0 Å². The Morgan fingerprint density at radius 2 is 1.82 bits per heavy atom. The summed E-state index contributed by atoms with van der Waals surface area (Å²) in [6, 6.07) is 0. The molecule has 100 valence electrons. The Balaban J connectivity index is 4.09. The van der Waals surface area contributed by atoms with Crippen molar-refractivity contribution in [2.24, 2.45) is 5.73 Å². The Kier molecular flexibility index (Phi) is 5.57. The van der Waals surface area contributed by atoms with E-state index in [1.54, 1.807) is 13.8 Å². The monoisotopic (exact) mass is 246 g/mol. The third-order valence-electron chi connectivity index (χ3n) is 2.16. The largest absolute Gasteiger partial charge is 0.480 e. The van der Waals surface area contributed by atoms with Gasteiger partial charge in [-0.05, 0) is 34.1 Å². The predicted molar refractivity (Wildman–Crippen MR) is 63.6 cm³/mol. The summed E-state index contributed by atoms with van der Waals surface area (Å²) in [5.41, 5.74) is 4.37. The first-order valence-corrected chi connectivity index (χ1v) is 5.47. The minimum atomic E-state index is -1.09. The van der Waals surface area contributed by atoms with Crippen molar-refractivity contribution in [2.45, 2.75) is 45.3 Å². The predicted octanol–water partition coefficient (Wildman–Crippen LogP) is 0.110. The zero-order valence-corrected chi connectivity index (χ0v) is 10.9. The van der Waals surface area contributed by atoms with Crippen LogP contribution in [0.2, 0.25) is 0 Å². The van der Waals surface area contributed by atoms with E-state index >= 15 is 0 Å².